The number of alkyl halides is 3. The average molecular weight is 545 g/mol. The fourth-order valence-electron chi connectivity index (χ4n) is 5.59. The summed E-state index contributed by atoms with van der Waals surface area (Å²) in [4.78, 5) is 32.6. The lowest BCUT2D eigenvalue weighted by molar-refractivity contribution is -0.137. The average Bonchev–Trinajstić information content (AvgIpc) is 3.27. The Hall–Kier alpha value is -3.76. The second-order valence-electron chi connectivity index (χ2n) is 11.2. The van der Waals surface area contributed by atoms with E-state index in [-0.39, 0.29) is 30.4 Å². The van der Waals surface area contributed by atoms with E-state index >= 15 is 0 Å². The van der Waals surface area contributed by atoms with Crippen molar-refractivity contribution in [2.45, 2.75) is 51.8 Å². The SMILES string of the molecule is CC(C)(C)OC(=O)N1CC[C@H]2Cc3c(cnn3-c3ccc(F)cc3)C[C@]2(C(=O)c2cc(C(F)(F)F)ccn2)C1. The molecule has 5 rings (SSSR count). The number of aromatic nitrogens is 3. The molecule has 0 unspecified atom stereocenters. The Morgan fingerprint density at radius 3 is 2.49 bits per heavy atom. The van der Waals surface area contributed by atoms with Crippen LogP contribution in [0.2, 0.25) is 0 Å². The van der Waals surface area contributed by atoms with E-state index in [1.54, 1.807) is 43.8 Å². The highest BCUT2D eigenvalue weighted by molar-refractivity contribution is 6.00. The van der Waals surface area contributed by atoms with Crippen LogP contribution >= 0.6 is 0 Å². The summed E-state index contributed by atoms with van der Waals surface area (Å²) in [5, 5.41) is 4.48. The number of rotatable bonds is 3. The van der Waals surface area contributed by atoms with Gasteiger partial charge in [-0.15, -0.1) is 0 Å². The van der Waals surface area contributed by atoms with Crippen LogP contribution < -0.4 is 0 Å². The van der Waals surface area contributed by atoms with Crippen LogP contribution in [-0.2, 0) is 23.8 Å². The van der Waals surface area contributed by atoms with Crippen molar-refractivity contribution in [3.05, 3.63) is 77.1 Å². The molecule has 7 nitrogen and oxygen atoms in total. The number of nitrogens with zero attached hydrogens (tertiary/aromatic N) is 4. The molecule has 0 N–H and O–H groups in total. The van der Waals surface area contributed by atoms with Gasteiger partial charge in [0.15, 0.2) is 5.78 Å². The van der Waals surface area contributed by atoms with Crippen LogP contribution in [0.1, 0.15) is 54.5 Å². The van der Waals surface area contributed by atoms with Gasteiger partial charge in [0.2, 0.25) is 0 Å². The number of fused-ring (bicyclic) bond motifs is 2. The number of benzene rings is 1. The number of carbonyl (C=O) groups is 2. The van der Waals surface area contributed by atoms with Crippen LogP contribution in [0.15, 0.2) is 48.8 Å². The zero-order valence-electron chi connectivity index (χ0n) is 21.8. The molecule has 2 atom stereocenters. The number of likely N-dealkylation sites (tertiary alicyclic amines) is 1. The first-order chi connectivity index (χ1) is 18.3. The van der Waals surface area contributed by atoms with Crippen LogP contribution in [0.4, 0.5) is 22.4 Å². The van der Waals surface area contributed by atoms with Gasteiger partial charge in [-0.05, 0) is 87.9 Å². The van der Waals surface area contributed by atoms with Gasteiger partial charge in [-0.3, -0.25) is 9.78 Å². The van der Waals surface area contributed by atoms with E-state index in [0.717, 1.165) is 29.6 Å². The number of amides is 1. The number of halogens is 4. The summed E-state index contributed by atoms with van der Waals surface area (Å²) in [7, 11) is 0. The molecule has 2 aliphatic rings. The van der Waals surface area contributed by atoms with Crippen molar-refractivity contribution in [1.82, 2.24) is 19.7 Å². The Labute approximate surface area is 222 Å². The molecular formula is C28H28F4N4O3. The van der Waals surface area contributed by atoms with Gasteiger partial charge in [0.05, 0.1) is 22.9 Å². The van der Waals surface area contributed by atoms with Crippen molar-refractivity contribution in [1.29, 1.82) is 0 Å². The van der Waals surface area contributed by atoms with Crippen molar-refractivity contribution >= 4 is 11.9 Å². The normalized spacial score (nSPS) is 21.2. The lowest BCUT2D eigenvalue weighted by atomic mass is 9.60. The highest BCUT2D eigenvalue weighted by atomic mass is 19.4. The number of ether oxygens (including phenoxy) is 1. The van der Waals surface area contributed by atoms with Gasteiger partial charge in [-0.25, -0.2) is 13.9 Å². The Balaban J connectivity index is 1.56. The smallest absolute Gasteiger partial charge is 0.416 e. The Morgan fingerprint density at radius 2 is 1.82 bits per heavy atom. The minimum atomic E-state index is -4.64. The molecule has 1 fully saturated rings. The van der Waals surface area contributed by atoms with E-state index < -0.39 is 34.6 Å². The largest absolute Gasteiger partial charge is 0.444 e. The van der Waals surface area contributed by atoms with Crippen molar-refractivity contribution in [2.24, 2.45) is 11.3 Å². The number of ketones is 1. The van der Waals surface area contributed by atoms with Crippen molar-refractivity contribution < 1.29 is 31.9 Å². The van der Waals surface area contributed by atoms with Gasteiger partial charge in [-0.1, -0.05) is 0 Å². The summed E-state index contributed by atoms with van der Waals surface area (Å²) < 4.78 is 61.2. The lowest BCUT2D eigenvalue weighted by Crippen LogP contribution is -2.58. The third-order valence-electron chi connectivity index (χ3n) is 7.40. The molecule has 1 aromatic carbocycles. The van der Waals surface area contributed by atoms with Crippen LogP contribution in [0.3, 0.4) is 0 Å². The lowest BCUT2D eigenvalue weighted by Gasteiger charge is -2.49. The molecule has 0 saturated carbocycles. The second-order valence-corrected chi connectivity index (χ2v) is 11.2. The minimum absolute atomic E-state index is 0.0233. The fraction of sp³-hybridized carbons (Fsp3) is 0.429. The summed E-state index contributed by atoms with van der Waals surface area (Å²) in [5.41, 5.74) is -1.01. The van der Waals surface area contributed by atoms with Crippen molar-refractivity contribution in [3.8, 4) is 5.69 Å². The Bertz CT molecular complexity index is 1410. The first-order valence-electron chi connectivity index (χ1n) is 12.6. The van der Waals surface area contributed by atoms with Gasteiger partial charge in [0.1, 0.15) is 17.1 Å². The second kappa shape index (κ2) is 9.46. The maximum Gasteiger partial charge on any atom is 0.416 e. The van der Waals surface area contributed by atoms with E-state index in [1.807, 2.05) is 0 Å². The summed E-state index contributed by atoms with van der Waals surface area (Å²) >= 11 is 0. The molecule has 3 aromatic rings. The van der Waals surface area contributed by atoms with Crippen molar-refractivity contribution in [2.75, 3.05) is 13.1 Å². The maximum atomic E-state index is 14.1. The van der Waals surface area contributed by atoms with Gasteiger partial charge >= 0.3 is 12.3 Å². The zero-order chi connectivity index (χ0) is 28.2. The Kier molecular flexibility index (Phi) is 6.51. The molecule has 1 amide bonds. The molecular weight excluding hydrogens is 516 g/mol. The summed E-state index contributed by atoms with van der Waals surface area (Å²) in [6, 6.07) is 7.47. The van der Waals surface area contributed by atoms with Crippen LogP contribution in [0.5, 0.6) is 0 Å². The number of piperidine rings is 1. The van der Waals surface area contributed by atoms with E-state index in [2.05, 4.69) is 10.1 Å². The minimum Gasteiger partial charge on any atom is -0.444 e. The van der Waals surface area contributed by atoms with E-state index in [9.17, 15) is 27.2 Å². The third-order valence-corrected chi connectivity index (χ3v) is 7.40. The zero-order valence-corrected chi connectivity index (χ0v) is 21.8. The van der Waals surface area contributed by atoms with E-state index in [1.165, 1.54) is 17.0 Å². The van der Waals surface area contributed by atoms with Gasteiger partial charge in [0.25, 0.3) is 0 Å². The predicted octanol–water partition coefficient (Wildman–Crippen LogP) is 5.65. The summed E-state index contributed by atoms with van der Waals surface area (Å²) in [6.07, 6.45) is -1.63. The number of Topliss-reactive ketones (excluding diaryl/α,β-unsaturated/α-hetero) is 1. The number of carbonyl (C=O) groups excluding carboxylic acids is 2. The molecule has 11 heteroatoms. The van der Waals surface area contributed by atoms with Crippen LogP contribution in [0, 0.1) is 17.2 Å². The quantitative estimate of drug-likeness (QED) is 0.315. The Morgan fingerprint density at radius 1 is 1.10 bits per heavy atom. The molecule has 39 heavy (non-hydrogen) atoms. The fourth-order valence-corrected chi connectivity index (χ4v) is 5.59. The van der Waals surface area contributed by atoms with Gasteiger partial charge in [-0.2, -0.15) is 18.3 Å². The highest BCUT2D eigenvalue weighted by Crippen LogP contribution is 2.48. The van der Waals surface area contributed by atoms with Gasteiger partial charge in [0, 0.05) is 25.0 Å². The van der Waals surface area contributed by atoms with Crippen LogP contribution in [0.25, 0.3) is 5.69 Å². The molecule has 0 bridgehead atoms. The molecule has 2 aromatic heterocycles. The van der Waals surface area contributed by atoms with E-state index in [0.29, 0.717) is 25.1 Å². The standard InChI is InChI=1S/C28H28F4N4O3/c1-26(2,3)39-25(38)35-11-9-18-13-23-17(15-34-36(23)21-6-4-20(29)5-7-21)14-27(18,16-35)24(37)22-12-19(8-10-33-22)28(30,31)32/h4-8,10,12,15,18H,9,11,13-14,16H2,1-3H3/t18-,27-/m0/s1. The molecule has 1 saturated heterocycles. The molecule has 1 aliphatic carbocycles. The predicted molar refractivity (Wildman–Crippen MR) is 133 cm³/mol. The van der Waals surface area contributed by atoms with Crippen molar-refractivity contribution in [3.63, 3.8) is 0 Å². The summed E-state index contributed by atoms with van der Waals surface area (Å²) in [6.45, 7) is 5.51. The number of hydrogen-bond acceptors (Lipinski definition) is 5. The van der Waals surface area contributed by atoms with Crippen LogP contribution in [-0.4, -0.2) is 50.2 Å². The topological polar surface area (TPSA) is 77.3 Å². The molecule has 0 spiro atoms. The van der Waals surface area contributed by atoms with Gasteiger partial charge < -0.3 is 9.64 Å². The highest BCUT2D eigenvalue weighted by Gasteiger charge is 2.54. The number of hydrogen-bond donors (Lipinski definition) is 0. The monoisotopic (exact) mass is 544 g/mol. The third kappa shape index (κ3) is 5.14. The first kappa shape index (κ1) is 26.8. The first-order valence-corrected chi connectivity index (χ1v) is 12.6. The molecule has 1 aliphatic heterocycles. The maximum absolute atomic E-state index is 14.1. The molecule has 0 radical (unpaired) electrons. The number of pyridine rings is 1. The van der Waals surface area contributed by atoms with E-state index in [4.69, 9.17) is 4.74 Å². The molecule has 206 valence electrons. The molecule has 3 heterocycles. The summed E-state index contributed by atoms with van der Waals surface area (Å²) in [5.74, 6) is -1.23.